The lowest BCUT2D eigenvalue weighted by Crippen LogP contribution is -2.21. The molecule has 0 atom stereocenters. The van der Waals surface area contributed by atoms with Crippen LogP contribution in [0.2, 0.25) is 0 Å². The lowest BCUT2D eigenvalue weighted by molar-refractivity contribution is 0.100. The molecule has 1 aromatic carbocycles. The molecule has 0 saturated carbocycles. The first-order valence-electron chi connectivity index (χ1n) is 9.61. The van der Waals surface area contributed by atoms with Gasteiger partial charge in [0, 0.05) is 18.0 Å². The Bertz CT molecular complexity index is 1430. The van der Waals surface area contributed by atoms with Crippen molar-refractivity contribution < 1.29 is 31.1 Å². The van der Waals surface area contributed by atoms with Crippen LogP contribution in [0.15, 0.2) is 53.7 Å². The van der Waals surface area contributed by atoms with Gasteiger partial charge in [0.25, 0.3) is 15.9 Å². The Morgan fingerprint density at radius 1 is 1.23 bits per heavy atom. The number of halogens is 2. The average Bonchev–Trinajstić information content (AvgIpc) is 3.49. The Hall–Kier alpha value is -4.60. The number of amides is 1. The molecule has 5 N–H and O–H groups in total. The Morgan fingerprint density at radius 3 is 2.71 bits per heavy atom. The number of nitrogens with one attached hydrogen (secondary N) is 3. The molecule has 0 fully saturated rings. The first-order chi connectivity index (χ1) is 16.7. The molecule has 4 rings (SSSR count). The van der Waals surface area contributed by atoms with Gasteiger partial charge in [-0.1, -0.05) is 6.07 Å². The number of primary amides is 1. The normalized spacial score (nSPS) is 11.4. The molecule has 0 aliphatic rings. The number of oxazole rings is 1. The summed E-state index contributed by atoms with van der Waals surface area (Å²) in [5, 5.41) is 9.53. The van der Waals surface area contributed by atoms with Crippen LogP contribution in [-0.2, 0) is 16.6 Å². The molecule has 35 heavy (non-hydrogen) atoms. The summed E-state index contributed by atoms with van der Waals surface area (Å²) in [4.78, 5) is 24.0. The Balaban J connectivity index is 1.72. The zero-order valence-electron chi connectivity index (χ0n) is 17.5. The molecule has 0 radical (unpaired) electrons. The number of H-pyrrole nitrogens is 1. The van der Waals surface area contributed by atoms with Crippen molar-refractivity contribution in [1.82, 2.24) is 25.1 Å². The molecule has 3 aromatic heterocycles. The van der Waals surface area contributed by atoms with Gasteiger partial charge in [-0.2, -0.15) is 13.9 Å². The van der Waals surface area contributed by atoms with E-state index in [-0.39, 0.29) is 46.6 Å². The summed E-state index contributed by atoms with van der Waals surface area (Å²) >= 11 is 0. The molecular formula is C19H16F2N8O5S. The monoisotopic (exact) mass is 506 g/mol. The summed E-state index contributed by atoms with van der Waals surface area (Å²) in [5.74, 6) is -4.18. The highest BCUT2D eigenvalue weighted by atomic mass is 32.2. The number of carbonyl (C=O) groups is 1. The van der Waals surface area contributed by atoms with E-state index in [1.807, 2.05) is 0 Å². The predicted molar refractivity (Wildman–Crippen MR) is 117 cm³/mol. The number of hydrogen-bond donors (Lipinski definition) is 4. The van der Waals surface area contributed by atoms with Gasteiger partial charge < -0.3 is 20.2 Å². The van der Waals surface area contributed by atoms with Crippen molar-refractivity contribution in [2.24, 2.45) is 5.73 Å². The second-order valence-corrected chi connectivity index (χ2v) is 8.39. The van der Waals surface area contributed by atoms with Crippen LogP contribution in [0, 0.1) is 0 Å². The van der Waals surface area contributed by atoms with E-state index in [1.54, 1.807) is 4.72 Å². The number of sulfonamides is 1. The van der Waals surface area contributed by atoms with Crippen LogP contribution in [0.25, 0.3) is 11.3 Å². The highest BCUT2D eigenvalue weighted by molar-refractivity contribution is 7.93. The quantitative estimate of drug-likeness (QED) is 0.248. The zero-order valence-corrected chi connectivity index (χ0v) is 18.3. The highest BCUT2D eigenvalue weighted by Crippen LogP contribution is 2.35. The van der Waals surface area contributed by atoms with Gasteiger partial charge in [0.15, 0.2) is 12.4 Å². The SMILES string of the molecule is NC(=O)c1c(Nc2cnccn2)n[nH]c1-c1ccc(NS(=O)(=O)C(F)F)c(OCc2ncco2)c1. The topological polar surface area (TPSA) is 191 Å². The number of carbonyl (C=O) groups excluding carboxylic acids is 1. The van der Waals surface area contributed by atoms with E-state index in [4.69, 9.17) is 14.9 Å². The Morgan fingerprint density at radius 2 is 2.06 bits per heavy atom. The second kappa shape index (κ2) is 9.72. The fraction of sp³-hybridized carbons (Fsp3) is 0.105. The number of nitrogens with two attached hydrogens (primary N) is 1. The van der Waals surface area contributed by atoms with Crippen LogP contribution in [-0.4, -0.2) is 45.2 Å². The number of anilines is 3. The maximum Gasteiger partial charge on any atom is 0.355 e. The van der Waals surface area contributed by atoms with E-state index < -0.39 is 21.7 Å². The number of alkyl halides is 2. The smallest absolute Gasteiger partial charge is 0.355 e. The molecule has 4 aromatic rings. The van der Waals surface area contributed by atoms with E-state index in [9.17, 15) is 22.0 Å². The van der Waals surface area contributed by atoms with Crippen LogP contribution in [0.1, 0.15) is 16.2 Å². The van der Waals surface area contributed by atoms with Gasteiger partial charge in [-0.3, -0.25) is 19.6 Å². The molecule has 13 nitrogen and oxygen atoms in total. The average molecular weight is 506 g/mol. The van der Waals surface area contributed by atoms with Crippen LogP contribution >= 0.6 is 0 Å². The summed E-state index contributed by atoms with van der Waals surface area (Å²) in [5.41, 5.74) is 5.66. The maximum atomic E-state index is 12.9. The van der Waals surface area contributed by atoms with Gasteiger partial charge in [0.1, 0.15) is 23.4 Å². The van der Waals surface area contributed by atoms with E-state index in [2.05, 4.69) is 30.5 Å². The van der Waals surface area contributed by atoms with Gasteiger partial charge in [-0.05, 0) is 12.1 Å². The van der Waals surface area contributed by atoms with Crippen LogP contribution in [0.4, 0.5) is 26.1 Å². The fourth-order valence-electron chi connectivity index (χ4n) is 2.91. The minimum Gasteiger partial charge on any atom is -0.482 e. The van der Waals surface area contributed by atoms with Crippen molar-refractivity contribution in [1.29, 1.82) is 0 Å². The molecule has 0 aliphatic carbocycles. The summed E-state index contributed by atoms with van der Waals surface area (Å²) in [6.45, 7) is -0.245. The Labute approximate surface area is 195 Å². The predicted octanol–water partition coefficient (Wildman–Crippen LogP) is 2.24. The van der Waals surface area contributed by atoms with Crippen molar-refractivity contribution in [3.05, 3.63) is 60.7 Å². The van der Waals surface area contributed by atoms with E-state index in [1.165, 1.54) is 49.2 Å². The molecule has 1 amide bonds. The van der Waals surface area contributed by atoms with E-state index >= 15 is 0 Å². The lowest BCUT2D eigenvalue weighted by atomic mass is 10.1. The number of benzene rings is 1. The van der Waals surface area contributed by atoms with Gasteiger partial charge in [-0.15, -0.1) is 0 Å². The van der Waals surface area contributed by atoms with Gasteiger partial charge in [0.05, 0.1) is 23.8 Å². The number of aromatic nitrogens is 5. The van der Waals surface area contributed by atoms with Gasteiger partial charge >= 0.3 is 5.76 Å². The highest BCUT2D eigenvalue weighted by Gasteiger charge is 2.26. The second-order valence-electron chi connectivity index (χ2n) is 6.74. The molecular weight excluding hydrogens is 490 g/mol. The minimum absolute atomic E-state index is 0.0461. The first kappa shape index (κ1) is 23.6. The van der Waals surface area contributed by atoms with Crippen molar-refractivity contribution in [3.8, 4) is 17.0 Å². The molecule has 0 bridgehead atoms. The fourth-order valence-corrected chi connectivity index (χ4v) is 3.47. The molecule has 182 valence electrons. The standard InChI is InChI=1S/C19H16F2N8O5S/c20-19(21)35(31,32)29-11-2-1-10(7-12(11)34-9-14-25-5-6-33-14)16-15(17(22)30)18(28-27-16)26-13-8-23-3-4-24-13/h1-8,19,29H,9H2,(H2,22,30)(H2,24,26,27,28). The molecule has 16 heteroatoms. The van der Waals surface area contributed by atoms with Crippen molar-refractivity contribution in [2.45, 2.75) is 12.4 Å². The van der Waals surface area contributed by atoms with E-state index in [0.29, 0.717) is 5.82 Å². The molecule has 0 aliphatic heterocycles. The number of ether oxygens (including phenoxy) is 1. The number of aromatic amines is 1. The van der Waals surface area contributed by atoms with Crippen LogP contribution in [0.3, 0.4) is 0 Å². The van der Waals surface area contributed by atoms with Crippen LogP contribution in [0.5, 0.6) is 5.75 Å². The third-order valence-corrected chi connectivity index (χ3v) is 5.39. The molecule has 0 spiro atoms. The number of hydrogen-bond acceptors (Lipinski definition) is 10. The van der Waals surface area contributed by atoms with Crippen molar-refractivity contribution >= 4 is 33.3 Å². The first-order valence-corrected chi connectivity index (χ1v) is 11.2. The summed E-state index contributed by atoms with van der Waals surface area (Å²) in [6, 6.07) is 3.84. The van der Waals surface area contributed by atoms with Crippen molar-refractivity contribution in [2.75, 3.05) is 10.0 Å². The summed E-state index contributed by atoms with van der Waals surface area (Å²) in [7, 11) is -4.99. The maximum absolute atomic E-state index is 12.9. The van der Waals surface area contributed by atoms with E-state index in [0.717, 1.165) is 0 Å². The van der Waals surface area contributed by atoms with Gasteiger partial charge in [0.2, 0.25) is 5.89 Å². The van der Waals surface area contributed by atoms with Gasteiger partial charge in [-0.25, -0.2) is 18.4 Å². The molecule has 3 heterocycles. The Kier molecular flexibility index (Phi) is 6.54. The molecule has 0 saturated heterocycles. The summed E-state index contributed by atoms with van der Waals surface area (Å²) < 4.78 is 61.7. The number of nitrogens with zero attached hydrogens (tertiary/aromatic N) is 4. The third-order valence-electron chi connectivity index (χ3n) is 4.41. The summed E-state index contributed by atoms with van der Waals surface area (Å²) in [6.07, 6.45) is 6.95. The molecule has 0 unspecified atom stereocenters. The minimum atomic E-state index is -4.99. The largest absolute Gasteiger partial charge is 0.482 e. The third kappa shape index (κ3) is 5.32. The number of rotatable bonds is 10. The van der Waals surface area contributed by atoms with Crippen LogP contribution < -0.4 is 20.5 Å². The zero-order chi connectivity index (χ0) is 25.0. The van der Waals surface area contributed by atoms with Crippen molar-refractivity contribution in [3.63, 3.8) is 0 Å². The lowest BCUT2D eigenvalue weighted by Gasteiger charge is -2.14.